The minimum atomic E-state index is -0.929. The standard InChI is InChI=1S/C12H21NO3.Na/c1-3-4-5-6-7-8-9-12(2)10(14)13-11(15)16-12;/h3-9H2,1-2H3,(H,13,14,15);/q;+1. The van der Waals surface area contributed by atoms with Crippen molar-refractivity contribution in [1.82, 2.24) is 5.32 Å². The number of hydrogen-bond donors (Lipinski definition) is 1. The number of unbranched alkanes of at least 4 members (excludes halogenated alkanes) is 5. The van der Waals surface area contributed by atoms with Gasteiger partial charge >= 0.3 is 35.7 Å². The molecule has 0 saturated carbocycles. The topological polar surface area (TPSA) is 55.4 Å². The van der Waals surface area contributed by atoms with Gasteiger partial charge in [0.15, 0.2) is 5.60 Å². The second kappa shape index (κ2) is 8.11. The van der Waals surface area contributed by atoms with Gasteiger partial charge in [0.1, 0.15) is 0 Å². The molecular formula is C12H21NNaO3+. The van der Waals surface area contributed by atoms with Gasteiger partial charge in [0.05, 0.1) is 0 Å². The molecule has 1 aliphatic heterocycles. The molecule has 92 valence electrons. The molecule has 5 heteroatoms. The van der Waals surface area contributed by atoms with Gasteiger partial charge in [-0.2, -0.15) is 0 Å². The van der Waals surface area contributed by atoms with Gasteiger partial charge in [-0.25, -0.2) is 4.79 Å². The molecular weight excluding hydrogens is 229 g/mol. The summed E-state index contributed by atoms with van der Waals surface area (Å²) >= 11 is 0. The number of ether oxygens (including phenoxy) is 1. The van der Waals surface area contributed by atoms with Crippen molar-refractivity contribution in [1.29, 1.82) is 0 Å². The molecule has 1 fully saturated rings. The molecule has 0 aromatic carbocycles. The molecule has 1 atom stereocenters. The van der Waals surface area contributed by atoms with Crippen molar-refractivity contribution in [2.75, 3.05) is 0 Å². The van der Waals surface area contributed by atoms with Crippen LogP contribution in [0.4, 0.5) is 4.79 Å². The van der Waals surface area contributed by atoms with E-state index in [2.05, 4.69) is 12.2 Å². The molecule has 0 aromatic heterocycles. The zero-order chi connectivity index (χ0) is 12.0. The quantitative estimate of drug-likeness (QED) is 0.501. The van der Waals surface area contributed by atoms with Crippen molar-refractivity contribution < 1.29 is 43.9 Å². The summed E-state index contributed by atoms with van der Waals surface area (Å²) in [4.78, 5) is 22.3. The summed E-state index contributed by atoms with van der Waals surface area (Å²) in [5, 5.41) is 2.17. The Bertz CT molecular complexity index is 270. The van der Waals surface area contributed by atoms with E-state index in [9.17, 15) is 9.59 Å². The second-order valence-corrected chi connectivity index (χ2v) is 4.59. The molecule has 0 bridgehead atoms. The van der Waals surface area contributed by atoms with Crippen LogP contribution in [0.1, 0.15) is 58.8 Å². The molecule has 1 saturated heterocycles. The molecule has 1 unspecified atom stereocenters. The number of cyclic esters (lactones) is 1. The molecule has 1 N–H and O–H groups in total. The molecule has 0 aromatic rings. The Morgan fingerprint density at radius 3 is 2.24 bits per heavy atom. The Morgan fingerprint density at radius 2 is 1.71 bits per heavy atom. The van der Waals surface area contributed by atoms with Gasteiger partial charge in [0.25, 0.3) is 5.91 Å². The fourth-order valence-corrected chi connectivity index (χ4v) is 1.91. The summed E-state index contributed by atoms with van der Waals surface area (Å²) in [6, 6.07) is 0. The predicted molar refractivity (Wildman–Crippen MR) is 61.0 cm³/mol. The summed E-state index contributed by atoms with van der Waals surface area (Å²) in [7, 11) is 0. The fraction of sp³-hybridized carbons (Fsp3) is 0.833. The summed E-state index contributed by atoms with van der Waals surface area (Å²) in [5.74, 6) is -0.300. The summed E-state index contributed by atoms with van der Waals surface area (Å²) in [6.45, 7) is 3.86. The van der Waals surface area contributed by atoms with Crippen LogP contribution < -0.4 is 34.9 Å². The minimum Gasteiger partial charge on any atom is -0.433 e. The van der Waals surface area contributed by atoms with Gasteiger partial charge in [-0.05, 0) is 19.8 Å². The van der Waals surface area contributed by atoms with Gasteiger partial charge in [-0.15, -0.1) is 0 Å². The van der Waals surface area contributed by atoms with Crippen molar-refractivity contribution in [2.45, 2.75) is 64.4 Å². The van der Waals surface area contributed by atoms with Crippen LogP contribution in [-0.4, -0.2) is 17.6 Å². The summed E-state index contributed by atoms with van der Waals surface area (Å²) in [5.41, 5.74) is -0.929. The fourth-order valence-electron chi connectivity index (χ4n) is 1.91. The van der Waals surface area contributed by atoms with Crippen LogP contribution in [-0.2, 0) is 9.53 Å². The maximum Gasteiger partial charge on any atom is 1.00 e. The zero-order valence-corrected chi connectivity index (χ0v) is 13.2. The second-order valence-electron chi connectivity index (χ2n) is 4.59. The van der Waals surface area contributed by atoms with Crippen molar-refractivity contribution >= 4 is 12.0 Å². The Balaban J connectivity index is 0.00000256. The normalized spacial score (nSPS) is 22.9. The van der Waals surface area contributed by atoms with Gasteiger partial charge in [-0.3, -0.25) is 10.1 Å². The Kier molecular flexibility index (Phi) is 8.09. The Hall–Kier alpha value is -0.0600. The maximum absolute atomic E-state index is 11.4. The van der Waals surface area contributed by atoms with Gasteiger partial charge in [0, 0.05) is 0 Å². The number of hydrogen-bond acceptors (Lipinski definition) is 3. The predicted octanol–water partition coefficient (Wildman–Crippen LogP) is -0.234. The third kappa shape index (κ3) is 5.40. The Labute approximate surface area is 125 Å². The first-order valence-electron chi connectivity index (χ1n) is 6.13. The molecule has 4 nitrogen and oxygen atoms in total. The largest absolute Gasteiger partial charge is 1.00 e. The molecule has 0 spiro atoms. The third-order valence-corrected chi connectivity index (χ3v) is 3.02. The number of alkyl carbamates (subject to hydrolysis) is 1. The van der Waals surface area contributed by atoms with E-state index in [4.69, 9.17) is 4.74 Å². The zero-order valence-electron chi connectivity index (χ0n) is 11.2. The van der Waals surface area contributed by atoms with Gasteiger partial charge < -0.3 is 4.74 Å². The average Bonchev–Trinajstić information content (AvgIpc) is 2.47. The van der Waals surface area contributed by atoms with Crippen LogP contribution in [0.2, 0.25) is 0 Å². The summed E-state index contributed by atoms with van der Waals surface area (Å²) in [6.07, 6.45) is 6.99. The average molecular weight is 250 g/mol. The van der Waals surface area contributed by atoms with Crippen molar-refractivity contribution in [3.63, 3.8) is 0 Å². The van der Waals surface area contributed by atoms with Crippen LogP contribution >= 0.6 is 0 Å². The monoisotopic (exact) mass is 250 g/mol. The number of carbonyl (C=O) groups is 2. The molecule has 0 aliphatic carbocycles. The molecule has 17 heavy (non-hydrogen) atoms. The molecule has 1 rings (SSSR count). The van der Waals surface area contributed by atoms with E-state index in [1.165, 1.54) is 25.7 Å². The van der Waals surface area contributed by atoms with E-state index in [1.807, 2.05) is 0 Å². The molecule has 1 aliphatic rings. The third-order valence-electron chi connectivity index (χ3n) is 3.02. The first-order valence-corrected chi connectivity index (χ1v) is 6.13. The number of nitrogens with one attached hydrogen (secondary N) is 1. The number of imide groups is 1. The number of rotatable bonds is 7. The van der Waals surface area contributed by atoms with Gasteiger partial charge in [-0.1, -0.05) is 39.0 Å². The van der Waals surface area contributed by atoms with Crippen molar-refractivity contribution in [3.8, 4) is 0 Å². The first kappa shape index (κ1) is 16.9. The van der Waals surface area contributed by atoms with Gasteiger partial charge in [0.2, 0.25) is 0 Å². The van der Waals surface area contributed by atoms with Crippen molar-refractivity contribution in [3.05, 3.63) is 0 Å². The summed E-state index contributed by atoms with van der Waals surface area (Å²) < 4.78 is 4.99. The van der Waals surface area contributed by atoms with E-state index < -0.39 is 11.7 Å². The maximum atomic E-state index is 11.4. The van der Waals surface area contributed by atoms with Crippen molar-refractivity contribution in [2.24, 2.45) is 0 Å². The van der Waals surface area contributed by atoms with E-state index >= 15 is 0 Å². The molecule has 0 radical (unpaired) electrons. The van der Waals surface area contributed by atoms with Crippen LogP contribution in [0.5, 0.6) is 0 Å². The van der Waals surface area contributed by atoms with Crippen LogP contribution in [0, 0.1) is 0 Å². The smallest absolute Gasteiger partial charge is 0.433 e. The van der Waals surface area contributed by atoms with Crippen LogP contribution in [0.3, 0.4) is 0 Å². The van der Waals surface area contributed by atoms with Crippen LogP contribution in [0.25, 0.3) is 0 Å². The first-order chi connectivity index (χ1) is 7.58. The Morgan fingerprint density at radius 1 is 1.12 bits per heavy atom. The minimum absolute atomic E-state index is 0. The number of carbonyl (C=O) groups excluding carboxylic acids is 2. The molecule has 2 amide bonds. The van der Waals surface area contributed by atoms with E-state index in [0.29, 0.717) is 6.42 Å². The van der Waals surface area contributed by atoms with E-state index in [1.54, 1.807) is 6.92 Å². The van der Waals surface area contributed by atoms with E-state index in [0.717, 1.165) is 12.8 Å². The number of amides is 2. The SMILES string of the molecule is CCCCCCCCC1(C)OC(=O)NC1=O.[Na+]. The molecule has 1 heterocycles. The van der Waals surface area contributed by atoms with E-state index in [-0.39, 0.29) is 35.5 Å². The van der Waals surface area contributed by atoms with Crippen LogP contribution in [0.15, 0.2) is 0 Å².